The Morgan fingerprint density at radius 1 is 1.14 bits per heavy atom. The van der Waals surface area contributed by atoms with Crippen molar-refractivity contribution >= 4 is 11.6 Å². The average molecular weight is 291 g/mol. The Kier molecular flexibility index (Phi) is 6.50. The Morgan fingerprint density at radius 3 is 2.52 bits per heavy atom. The molecule has 1 aliphatic rings. The first-order valence-electron chi connectivity index (χ1n) is 7.58. The van der Waals surface area contributed by atoms with E-state index in [1.54, 1.807) is 7.11 Å². The first-order valence-corrected chi connectivity index (χ1v) is 7.58. The largest absolute Gasteiger partial charge is 0.383 e. The first-order chi connectivity index (χ1) is 10.3. The van der Waals surface area contributed by atoms with Crippen LogP contribution < -0.4 is 10.2 Å². The molecule has 1 amide bonds. The molecular formula is C16H25N3O2. The van der Waals surface area contributed by atoms with E-state index in [1.807, 2.05) is 11.0 Å². The van der Waals surface area contributed by atoms with Gasteiger partial charge in [0.25, 0.3) is 0 Å². The fourth-order valence-corrected chi connectivity index (χ4v) is 2.51. The standard InChI is InChI=1S/C16H25N3O2/c1-21-14-9-17-8-7-16(20)19-12-10-18(11-13-19)15-5-3-2-4-6-15/h2-6,17H,7-14H2,1H3. The molecule has 1 saturated heterocycles. The summed E-state index contributed by atoms with van der Waals surface area (Å²) in [4.78, 5) is 16.4. The van der Waals surface area contributed by atoms with Gasteiger partial charge in [-0.25, -0.2) is 0 Å². The molecule has 1 heterocycles. The molecule has 0 unspecified atom stereocenters. The average Bonchev–Trinajstić information content (AvgIpc) is 2.55. The smallest absolute Gasteiger partial charge is 0.223 e. The second kappa shape index (κ2) is 8.64. The van der Waals surface area contributed by atoms with Gasteiger partial charge in [-0.1, -0.05) is 18.2 Å². The summed E-state index contributed by atoms with van der Waals surface area (Å²) in [7, 11) is 1.68. The zero-order valence-electron chi connectivity index (χ0n) is 12.8. The Bertz CT molecular complexity index is 417. The number of hydrogen-bond donors (Lipinski definition) is 1. The van der Waals surface area contributed by atoms with Gasteiger partial charge in [0.05, 0.1) is 6.61 Å². The quantitative estimate of drug-likeness (QED) is 0.760. The number of anilines is 1. The van der Waals surface area contributed by atoms with Gasteiger partial charge in [-0.2, -0.15) is 0 Å². The third-order valence-corrected chi connectivity index (χ3v) is 3.75. The van der Waals surface area contributed by atoms with Gasteiger partial charge >= 0.3 is 0 Å². The molecule has 0 bridgehead atoms. The number of carbonyl (C=O) groups excluding carboxylic acids is 1. The SMILES string of the molecule is COCCNCCC(=O)N1CCN(c2ccccc2)CC1. The number of ether oxygens (including phenoxy) is 1. The van der Waals surface area contributed by atoms with E-state index >= 15 is 0 Å². The predicted molar refractivity (Wildman–Crippen MR) is 84.6 cm³/mol. The van der Waals surface area contributed by atoms with Crippen LogP contribution in [0.2, 0.25) is 0 Å². The molecule has 1 aliphatic heterocycles. The van der Waals surface area contributed by atoms with Crippen LogP contribution in [0.5, 0.6) is 0 Å². The number of para-hydroxylation sites is 1. The lowest BCUT2D eigenvalue weighted by Crippen LogP contribution is -2.49. The second-order valence-electron chi connectivity index (χ2n) is 5.20. The molecule has 1 aromatic carbocycles. The van der Waals surface area contributed by atoms with Crippen LogP contribution in [0.4, 0.5) is 5.69 Å². The third kappa shape index (κ3) is 5.02. The Balaban J connectivity index is 1.67. The molecule has 21 heavy (non-hydrogen) atoms. The van der Waals surface area contributed by atoms with Crippen molar-refractivity contribution in [2.24, 2.45) is 0 Å². The van der Waals surface area contributed by atoms with E-state index in [4.69, 9.17) is 4.74 Å². The summed E-state index contributed by atoms with van der Waals surface area (Å²) in [6.45, 7) is 5.65. The minimum atomic E-state index is 0.243. The monoisotopic (exact) mass is 291 g/mol. The number of amides is 1. The van der Waals surface area contributed by atoms with Crippen molar-refractivity contribution in [3.63, 3.8) is 0 Å². The van der Waals surface area contributed by atoms with Crippen molar-refractivity contribution in [1.82, 2.24) is 10.2 Å². The lowest BCUT2D eigenvalue weighted by atomic mass is 10.2. The van der Waals surface area contributed by atoms with Gasteiger partial charge in [-0.15, -0.1) is 0 Å². The molecule has 0 saturated carbocycles. The van der Waals surface area contributed by atoms with Gasteiger partial charge in [0, 0.05) is 58.5 Å². The number of nitrogens with one attached hydrogen (secondary N) is 1. The van der Waals surface area contributed by atoms with E-state index in [0.717, 1.165) is 39.3 Å². The minimum Gasteiger partial charge on any atom is -0.383 e. The van der Waals surface area contributed by atoms with Crippen LogP contribution in [0.25, 0.3) is 0 Å². The van der Waals surface area contributed by atoms with Crippen molar-refractivity contribution in [2.45, 2.75) is 6.42 Å². The van der Waals surface area contributed by atoms with Crippen LogP contribution in [0.1, 0.15) is 6.42 Å². The van der Waals surface area contributed by atoms with Crippen molar-refractivity contribution in [2.75, 3.05) is 57.9 Å². The first kappa shape index (κ1) is 15.8. The highest BCUT2D eigenvalue weighted by atomic mass is 16.5. The molecule has 116 valence electrons. The summed E-state index contributed by atoms with van der Waals surface area (Å²) in [5, 5.41) is 3.21. The number of benzene rings is 1. The van der Waals surface area contributed by atoms with Crippen molar-refractivity contribution in [1.29, 1.82) is 0 Å². The number of nitrogens with zero attached hydrogens (tertiary/aromatic N) is 2. The number of carbonyl (C=O) groups is 1. The van der Waals surface area contributed by atoms with E-state index in [0.29, 0.717) is 13.0 Å². The highest BCUT2D eigenvalue weighted by Gasteiger charge is 2.20. The zero-order valence-corrected chi connectivity index (χ0v) is 12.8. The van der Waals surface area contributed by atoms with Crippen molar-refractivity contribution < 1.29 is 9.53 Å². The van der Waals surface area contributed by atoms with Gasteiger partial charge in [-0.3, -0.25) is 4.79 Å². The highest BCUT2D eigenvalue weighted by molar-refractivity contribution is 5.76. The summed E-state index contributed by atoms with van der Waals surface area (Å²) in [5.41, 5.74) is 1.24. The van der Waals surface area contributed by atoms with Gasteiger partial charge < -0.3 is 19.9 Å². The maximum Gasteiger partial charge on any atom is 0.223 e. The lowest BCUT2D eigenvalue weighted by molar-refractivity contribution is -0.131. The van der Waals surface area contributed by atoms with Crippen LogP contribution in [0, 0.1) is 0 Å². The molecule has 0 radical (unpaired) electrons. The number of hydrogen-bond acceptors (Lipinski definition) is 4. The predicted octanol–water partition coefficient (Wildman–Crippen LogP) is 0.961. The lowest BCUT2D eigenvalue weighted by Gasteiger charge is -2.36. The van der Waals surface area contributed by atoms with E-state index in [2.05, 4.69) is 34.5 Å². The molecule has 1 fully saturated rings. The molecule has 1 N–H and O–H groups in total. The van der Waals surface area contributed by atoms with Crippen LogP contribution in [0.15, 0.2) is 30.3 Å². The zero-order chi connectivity index (χ0) is 14.9. The maximum atomic E-state index is 12.1. The van der Waals surface area contributed by atoms with Crippen LogP contribution in [0.3, 0.4) is 0 Å². The Morgan fingerprint density at radius 2 is 1.86 bits per heavy atom. The van der Waals surface area contributed by atoms with Gasteiger partial charge in [0.2, 0.25) is 5.91 Å². The molecule has 0 atom stereocenters. The minimum absolute atomic E-state index is 0.243. The van der Waals surface area contributed by atoms with Gasteiger partial charge in [0.15, 0.2) is 0 Å². The summed E-state index contributed by atoms with van der Waals surface area (Å²) in [6.07, 6.45) is 0.565. The summed E-state index contributed by atoms with van der Waals surface area (Å²) < 4.78 is 4.96. The van der Waals surface area contributed by atoms with Crippen molar-refractivity contribution in [3.05, 3.63) is 30.3 Å². The van der Waals surface area contributed by atoms with E-state index < -0.39 is 0 Å². The molecule has 1 aromatic rings. The third-order valence-electron chi connectivity index (χ3n) is 3.75. The normalized spacial score (nSPS) is 15.3. The molecule has 5 heteroatoms. The Hall–Kier alpha value is -1.59. The molecule has 2 rings (SSSR count). The molecule has 0 spiro atoms. The number of rotatable bonds is 7. The van der Waals surface area contributed by atoms with E-state index in [1.165, 1.54) is 5.69 Å². The topological polar surface area (TPSA) is 44.8 Å². The van der Waals surface area contributed by atoms with Gasteiger partial charge in [-0.05, 0) is 12.1 Å². The summed E-state index contributed by atoms with van der Waals surface area (Å²) in [5.74, 6) is 0.243. The molecule has 5 nitrogen and oxygen atoms in total. The fourth-order valence-electron chi connectivity index (χ4n) is 2.51. The molecule has 0 aromatic heterocycles. The van der Waals surface area contributed by atoms with Crippen LogP contribution in [-0.4, -0.2) is 63.8 Å². The van der Waals surface area contributed by atoms with Crippen LogP contribution in [-0.2, 0) is 9.53 Å². The van der Waals surface area contributed by atoms with E-state index in [-0.39, 0.29) is 5.91 Å². The van der Waals surface area contributed by atoms with Crippen LogP contribution >= 0.6 is 0 Å². The second-order valence-corrected chi connectivity index (χ2v) is 5.20. The molecular weight excluding hydrogens is 266 g/mol. The van der Waals surface area contributed by atoms with Gasteiger partial charge in [0.1, 0.15) is 0 Å². The molecule has 0 aliphatic carbocycles. The van der Waals surface area contributed by atoms with E-state index in [9.17, 15) is 4.79 Å². The number of methoxy groups -OCH3 is 1. The summed E-state index contributed by atoms with van der Waals surface area (Å²) in [6, 6.07) is 10.4. The highest BCUT2D eigenvalue weighted by Crippen LogP contribution is 2.15. The fraction of sp³-hybridized carbons (Fsp3) is 0.562. The Labute approximate surface area is 126 Å². The summed E-state index contributed by atoms with van der Waals surface area (Å²) >= 11 is 0. The maximum absolute atomic E-state index is 12.1. The number of piperazine rings is 1. The van der Waals surface area contributed by atoms with Crippen molar-refractivity contribution in [3.8, 4) is 0 Å².